The fraction of sp³-hybridized carbons (Fsp3) is 0.231. The summed E-state index contributed by atoms with van der Waals surface area (Å²) in [5, 5.41) is 2.80. The molecule has 3 nitrogen and oxygen atoms in total. The first-order valence-electron chi connectivity index (χ1n) is 5.62. The number of rotatable bonds is 2. The molecule has 2 rings (SSSR count). The molecule has 1 aromatic carbocycles. The number of aryl methyl sites for hydroxylation is 2. The molecule has 0 atom stereocenters. The maximum absolute atomic E-state index is 13.3. The van der Waals surface area contributed by atoms with E-state index < -0.39 is 17.5 Å². The molecule has 0 radical (unpaired) electrons. The molecular weight excluding hydrogens is 255 g/mol. The van der Waals surface area contributed by atoms with E-state index >= 15 is 0 Å². The highest BCUT2D eigenvalue weighted by Gasteiger charge is 2.16. The van der Waals surface area contributed by atoms with Gasteiger partial charge in [0.15, 0.2) is 23.3 Å². The Morgan fingerprint density at radius 1 is 0.947 bits per heavy atom. The van der Waals surface area contributed by atoms with Gasteiger partial charge in [0.05, 0.1) is 11.4 Å². The Morgan fingerprint density at radius 2 is 1.47 bits per heavy atom. The first-order chi connectivity index (χ1) is 8.93. The number of benzene rings is 1. The summed E-state index contributed by atoms with van der Waals surface area (Å²) >= 11 is 0. The molecule has 1 aromatic heterocycles. The molecule has 100 valence electrons. The predicted octanol–water partition coefficient (Wildman–Crippen LogP) is 3.22. The zero-order chi connectivity index (χ0) is 14.2. The second-order valence-electron chi connectivity index (χ2n) is 4.10. The van der Waals surface area contributed by atoms with Crippen molar-refractivity contribution in [1.29, 1.82) is 0 Å². The van der Waals surface area contributed by atoms with Crippen LogP contribution in [0.25, 0.3) is 11.3 Å². The number of nitrogens with one attached hydrogen (secondary N) is 1. The Hall–Kier alpha value is -2.11. The van der Waals surface area contributed by atoms with E-state index in [0.29, 0.717) is 17.2 Å². The highest BCUT2D eigenvalue weighted by molar-refractivity contribution is 5.71. The van der Waals surface area contributed by atoms with Gasteiger partial charge in [0.25, 0.3) is 0 Å². The molecule has 0 aliphatic carbocycles. The van der Waals surface area contributed by atoms with Crippen LogP contribution in [0.5, 0.6) is 0 Å². The minimum absolute atomic E-state index is 0.136. The smallest absolute Gasteiger partial charge is 0.194 e. The van der Waals surface area contributed by atoms with Crippen molar-refractivity contribution >= 4 is 5.82 Å². The minimum atomic E-state index is -1.49. The van der Waals surface area contributed by atoms with E-state index in [-0.39, 0.29) is 11.3 Å². The molecular formula is C13H12F3N3. The summed E-state index contributed by atoms with van der Waals surface area (Å²) in [5.41, 5.74) is 1.76. The van der Waals surface area contributed by atoms with Crippen LogP contribution in [0.1, 0.15) is 11.4 Å². The number of anilines is 1. The van der Waals surface area contributed by atoms with Gasteiger partial charge in [-0.15, -0.1) is 0 Å². The summed E-state index contributed by atoms with van der Waals surface area (Å²) in [5.74, 6) is -3.62. The van der Waals surface area contributed by atoms with Gasteiger partial charge >= 0.3 is 0 Å². The average molecular weight is 267 g/mol. The maximum atomic E-state index is 13.3. The third-order valence-electron chi connectivity index (χ3n) is 2.80. The van der Waals surface area contributed by atoms with Crippen molar-refractivity contribution in [3.8, 4) is 11.3 Å². The van der Waals surface area contributed by atoms with Crippen LogP contribution in [0.2, 0.25) is 0 Å². The summed E-state index contributed by atoms with van der Waals surface area (Å²) < 4.78 is 39.5. The molecule has 0 unspecified atom stereocenters. The first-order valence-corrected chi connectivity index (χ1v) is 5.62. The largest absolute Gasteiger partial charge is 0.371 e. The first kappa shape index (κ1) is 13.3. The Kier molecular flexibility index (Phi) is 3.42. The SMILES string of the molecule is CNc1nc(C)c(C)nc1-c1cc(F)c(F)c(F)c1. The lowest BCUT2D eigenvalue weighted by atomic mass is 10.1. The number of hydrogen-bond donors (Lipinski definition) is 1. The van der Waals surface area contributed by atoms with E-state index in [0.717, 1.165) is 12.1 Å². The van der Waals surface area contributed by atoms with Crippen LogP contribution in [0.15, 0.2) is 12.1 Å². The average Bonchev–Trinajstić information content (AvgIpc) is 2.38. The van der Waals surface area contributed by atoms with E-state index in [1.165, 1.54) is 0 Å². The Bertz CT molecular complexity index is 618. The fourth-order valence-corrected chi connectivity index (χ4v) is 1.67. The van der Waals surface area contributed by atoms with E-state index in [2.05, 4.69) is 15.3 Å². The Morgan fingerprint density at radius 3 is 2.00 bits per heavy atom. The standard InChI is InChI=1S/C13H12F3N3/c1-6-7(2)19-13(17-3)12(18-6)8-4-9(14)11(16)10(15)5-8/h4-5H,1-3H3,(H,17,19). The van der Waals surface area contributed by atoms with Crippen LogP contribution in [-0.2, 0) is 0 Å². The second kappa shape index (κ2) is 4.87. The van der Waals surface area contributed by atoms with E-state index in [4.69, 9.17) is 0 Å². The van der Waals surface area contributed by atoms with Crippen molar-refractivity contribution < 1.29 is 13.2 Å². The molecule has 0 saturated carbocycles. The molecule has 0 aliphatic heterocycles. The molecule has 1 N–H and O–H groups in total. The summed E-state index contributed by atoms with van der Waals surface area (Å²) in [4.78, 5) is 8.48. The van der Waals surface area contributed by atoms with Crippen LogP contribution in [-0.4, -0.2) is 17.0 Å². The predicted molar refractivity (Wildman–Crippen MR) is 66.4 cm³/mol. The third-order valence-corrected chi connectivity index (χ3v) is 2.80. The van der Waals surface area contributed by atoms with Crippen molar-refractivity contribution in [1.82, 2.24) is 9.97 Å². The molecule has 0 aliphatic rings. The maximum Gasteiger partial charge on any atom is 0.194 e. The molecule has 6 heteroatoms. The lowest BCUT2D eigenvalue weighted by molar-refractivity contribution is 0.447. The lowest BCUT2D eigenvalue weighted by Crippen LogP contribution is -2.03. The number of aromatic nitrogens is 2. The Labute approximate surface area is 108 Å². The van der Waals surface area contributed by atoms with Gasteiger partial charge in [-0.1, -0.05) is 0 Å². The van der Waals surface area contributed by atoms with Crippen molar-refractivity contribution in [3.63, 3.8) is 0 Å². The zero-order valence-electron chi connectivity index (χ0n) is 10.7. The molecule has 1 heterocycles. The van der Waals surface area contributed by atoms with Crippen molar-refractivity contribution in [3.05, 3.63) is 41.0 Å². The van der Waals surface area contributed by atoms with Gasteiger partial charge < -0.3 is 5.32 Å². The van der Waals surface area contributed by atoms with Crippen molar-refractivity contribution in [2.24, 2.45) is 0 Å². The number of hydrogen-bond acceptors (Lipinski definition) is 3. The number of halogens is 3. The van der Waals surface area contributed by atoms with Crippen LogP contribution in [0.4, 0.5) is 19.0 Å². The topological polar surface area (TPSA) is 37.8 Å². The normalized spacial score (nSPS) is 10.6. The van der Waals surface area contributed by atoms with Gasteiger partial charge in [-0.05, 0) is 26.0 Å². The fourth-order valence-electron chi connectivity index (χ4n) is 1.67. The molecule has 2 aromatic rings. The molecule has 19 heavy (non-hydrogen) atoms. The van der Waals surface area contributed by atoms with Crippen LogP contribution in [0.3, 0.4) is 0 Å². The van der Waals surface area contributed by atoms with Crippen LogP contribution < -0.4 is 5.32 Å². The molecule has 0 amide bonds. The number of nitrogens with zero attached hydrogens (tertiary/aromatic N) is 2. The van der Waals surface area contributed by atoms with Gasteiger partial charge in [-0.25, -0.2) is 23.1 Å². The van der Waals surface area contributed by atoms with E-state index in [1.807, 2.05) is 0 Å². The van der Waals surface area contributed by atoms with Gasteiger partial charge in [0, 0.05) is 12.6 Å². The molecule has 0 fully saturated rings. The Balaban J connectivity index is 2.68. The van der Waals surface area contributed by atoms with Crippen molar-refractivity contribution in [2.45, 2.75) is 13.8 Å². The monoisotopic (exact) mass is 267 g/mol. The second-order valence-corrected chi connectivity index (χ2v) is 4.10. The zero-order valence-corrected chi connectivity index (χ0v) is 10.7. The quantitative estimate of drug-likeness (QED) is 0.849. The van der Waals surface area contributed by atoms with Gasteiger partial charge in [0.2, 0.25) is 0 Å². The van der Waals surface area contributed by atoms with E-state index in [9.17, 15) is 13.2 Å². The van der Waals surface area contributed by atoms with E-state index in [1.54, 1.807) is 20.9 Å². The third kappa shape index (κ3) is 2.38. The van der Waals surface area contributed by atoms with Crippen LogP contribution in [0, 0.1) is 31.3 Å². The van der Waals surface area contributed by atoms with Gasteiger partial charge in [0.1, 0.15) is 5.69 Å². The summed E-state index contributed by atoms with van der Waals surface area (Å²) in [7, 11) is 1.62. The summed E-state index contributed by atoms with van der Waals surface area (Å²) in [6.45, 7) is 3.51. The van der Waals surface area contributed by atoms with Crippen LogP contribution >= 0.6 is 0 Å². The highest BCUT2D eigenvalue weighted by Crippen LogP contribution is 2.27. The van der Waals surface area contributed by atoms with Crippen molar-refractivity contribution in [2.75, 3.05) is 12.4 Å². The summed E-state index contributed by atoms with van der Waals surface area (Å²) in [6.07, 6.45) is 0. The summed E-state index contributed by atoms with van der Waals surface area (Å²) in [6, 6.07) is 1.80. The minimum Gasteiger partial charge on any atom is -0.371 e. The molecule has 0 bridgehead atoms. The molecule has 0 spiro atoms. The van der Waals surface area contributed by atoms with Gasteiger partial charge in [-0.3, -0.25) is 0 Å². The lowest BCUT2D eigenvalue weighted by Gasteiger charge is -2.11. The van der Waals surface area contributed by atoms with Gasteiger partial charge in [-0.2, -0.15) is 0 Å². The molecule has 0 saturated heterocycles. The highest BCUT2D eigenvalue weighted by atomic mass is 19.2.